The van der Waals surface area contributed by atoms with Crippen LogP contribution in [0, 0.1) is 12.7 Å². The number of nitrogens with zero attached hydrogens (tertiary/aromatic N) is 1. The second-order valence-corrected chi connectivity index (χ2v) is 7.14. The van der Waals surface area contributed by atoms with Crippen LogP contribution in [-0.2, 0) is 11.2 Å². The maximum absolute atomic E-state index is 13.7. The van der Waals surface area contributed by atoms with Gasteiger partial charge in [0.15, 0.2) is 5.16 Å². The molecule has 3 aromatic rings. The highest BCUT2D eigenvalue weighted by Crippen LogP contribution is 2.22. The average Bonchev–Trinajstić information content (AvgIpc) is 2.97. The van der Waals surface area contributed by atoms with Crippen LogP contribution in [0.1, 0.15) is 17.0 Å². The van der Waals surface area contributed by atoms with E-state index in [4.69, 9.17) is 11.6 Å². The number of aromatic nitrogens is 2. The van der Waals surface area contributed by atoms with Gasteiger partial charge in [-0.2, -0.15) is 0 Å². The van der Waals surface area contributed by atoms with Crippen LogP contribution in [0.15, 0.2) is 53.7 Å². The number of amides is 1. The van der Waals surface area contributed by atoms with E-state index in [1.807, 2.05) is 37.3 Å². The van der Waals surface area contributed by atoms with E-state index < -0.39 is 5.82 Å². The van der Waals surface area contributed by atoms with Crippen LogP contribution < -0.4 is 5.32 Å². The van der Waals surface area contributed by atoms with Crippen LogP contribution >= 0.6 is 23.4 Å². The summed E-state index contributed by atoms with van der Waals surface area (Å²) in [5.41, 5.74) is 3.16. The van der Waals surface area contributed by atoms with Crippen molar-refractivity contribution in [3.8, 4) is 0 Å². The van der Waals surface area contributed by atoms with Gasteiger partial charge in [-0.15, -0.1) is 0 Å². The predicted molar refractivity (Wildman–Crippen MR) is 103 cm³/mol. The van der Waals surface area contributed by atoms with Crippen molar-refractivity contribution < 1.29 is 9.18 Å². The maximum atomic E-state index is 13.7. The summed E-state index contributed by atoms with van der Waals surface area (Å²) < 4.78 is 13.7. The Hall–Kier alpha value is -2.31. The Bertz CT molecular complexity index is 914. The lowest BCUT2D eigenvalue weighted by molar-refractivity contribution is -0.113. The Kier molecular flexibility index (Phi) is 5.96. The predicted octanol–water partition coefficient (Wildman–Crippen LogP) is 4.83. The highest BCUT2D eigenvalue weighted by molar-refractivity contribution is 7.99. The van der Waals surface area contributed by atoms with Gasteiger partial charge in [0.2, 0.25) is 5.91 Å². The molecule has 26 heavy (non-hydrogen) atoms. The highest BCUT2D eigenvalue weighted by Gasteiger charge is 2.12. The van der Waals surface area contributed by atoms with Gasteiger partial charge in [-0.25, -0.2) is 9.37 Å². The summed E-state index contributed by atoms with van der Waals surface area (Å²) in [5, 5.41) is 3.55. The molecule has 7 heteroatoms. The van der Waals surface area contributed by atoms with Crippen LogP contribution in [0.25, 0.3) is 0 Å². The number of aromatic amines is 1. The topological polar surface area (TPSA) is 57.8 Å². The first kappa shape index (κ1) is 18.5. The monoisotopic (exact) mass is 389 g/mol. The van der Waals surface area contributed by atoms with E-state index in [0.717, 1.165) is 17.8 Å². The summed E-state index contributed by atoms with van der Waals surface area (Å²) in [6.45, 7) is 1.96. The van der Waals surface area contributed by atoms with Crippen LogP contribution in [-0.4, -0.2) is 21.6 Å². The minimum atomic E-state index is -0.522. The molecule has 4 nitrogen and oxygen atoms in total. The Morgan fingerprint density at radius 2 is 2.04 bits per heavy atom. The molecule has 1 aromatic heterocycles. The molecule has 2 aromatic carbocycles. The van der Waals surface area contributed by atoms with Gasteiger partial charge in [-0.1, -0.05) is 53.7 Å². The standard InChI is InChI=1S/C19H17ClFN3OS/c1-12-16(9-13-5-3-2-4-6-13)24-19(22-12)26-11-18(25)23-17-10-14(20)7-8-15(17)21/h2-8,10H,9,11H2,1H3,(H,22,24)(H,23,25). The molecule has 0 saturated heterocycles. The number of carbonyl (C=O) groups excluding carboxylic acids is 1. The molecule has 0 fully saturated rings. The van der Waals surface area contributed by atoms with Crippen LogP contribution in [0.4, 0.5) is 10.1 Å². The minimum absolute atomic E-state index is 0.0727. The van der Waals surface area contributed by atoms with Crippen molar-refractivity contribution in [3.05, 3.63) is 76.3 Å². The minimum Gasteiger partial charge on any atom is -0.337 e. The molecule has 0 unspecified atom stereocenters. The summed E-state index contributed by atoms with van der Waals surface area (Å²) >= 11 is 7.09. The second-order valence-electron chi connectivity index (χ2n) is 5.74. The van der Waals surface area contributed by atoms with Gasteiger partial charge in [0, 0.05) is 17.1 Å². The number of anilines is 1. The Labute approximate surface area is 160 Å². The van der Waals surface area contributed by atoms with Crippen LogP contribution in [0.2, 0.25) is 5.02 Å². The molecule has 134 valence electrons. The third kappa shape index (κ3) is 4.86. The molecule has 1 amide bonds. The number of carbonyl (C=O) groups is 1. The maximum Gasteiger partial charge on any atom is 0.234 e. The van der Waals surface area contributed by atoms with E-state index in [2.05, 4.69) is 15.3 Å². The van der Waals surface area contributed by atoms with E-state index in [-0.39, 0.29) is 17.3 Å². The molecular formula is C19H17ClFN3OS. The first-order valence-electron chi connectivity index (χ1n) is 7.98. The fraction of sp³-hybridized carbons (Fsp3) is 0.158. The van der Waals surface area contributed by atoms with Crippen molar-refractivity contribution >= 4 is 35.0 Å². The average molecular weight is 390 g/mol. The number of halogens is 2. The number of benzene rings is 2. The van der Waals surface area contributed by atoms with Gasteiger partial charge < -0.3 is 10.3 Å². The molecule has 3 rings (SSSR count). The highest BCUT2D eigenvalue weighted by atomic mass is 35.5. The van der Waals surface area contributed by atoms with Crippen molar-refractivity contribution in [1.82, 2.24) is 9.97 Å². The van der Waals surface area contributed by atoms with E-state index in [9.17, 15) is 9.18 Å². The quantitative estimate of drug-likeness (QED) is 0.593. The van der Waals surface area contributed by atoms with Gasteiger partial charge >= 0.3 is 0 Å². The number of rotatable bonds is 6. The molecule has 0 aliphatic heterocycles. The first-order valence-corrected chi connectivity index (χ1v) is 9.35. The molecule has 0 aliphatic rings. The van der Waals surface area contributed by atoms with Crippen molar-refractivity contribution in [2.24, 2.45) is 0 Å². The Morgan fingerprint density at radius 1 is 1.27 bits per heavy atom. The third-order valence-corrected chi connectivity index (χ3v) is 4.83. The molecule has 0 atom stereocenters. The van der Waals surface area contributed by atoms with Gasteiger partial charge in [-0.05, 0) is 30.7 Å². The van der Waals surface area contributed by atoms with Gasteiger partial charge in [-0.3, -0.25) is 4.79 Å². The fourth-order valence-corrected chi connectivity index (χ4v) is 3.32. The lowest BCUT2D eigenvalue weighted by atomic mass is 10.1. The molecular weight excluding hydrogens is 373 g/mol. The van der Waals surface area contributed by atoms with E-state index >= 15 is 0 Å². The number of H-pyrrole nitrogens is 1. The summed E-state index contributed by atoms with van der Waals surface area (Å²) in [6, 6.07) is 14.1. The Balaban J connectivity index is 1.58. The number of hydrogen-bond acceptors (Lipinski definition) is 3. The molecule has 0 radical (unpaired) electrons. The largest absolute Gasteiger partial charge is 0.337 e. The van der Waals surface area contributed by atoms with Crippen molar-refractivity contribution in [1.29, 1.82) is 0 Å². The number of nitrogens with one attached hydrogen (secondary N) is 2. The van der Waals surface area contributed by atoms with E-state index in [0.29, 0.717) is 10.2 Å². The molecule has 0 spiro atoms. The normalized spacial score (nSPS) is 10.7. The molecule has 1 heterocycles. The van der Waals surface area contributed by atoms with Crippen molar-refractivity contribution in [2.75, 3.05) is 11.1 Å². The third-order valence-electron chi connectivity index (χ3n) is 3.72. The molecule has 0 aliphatic carbocycles. The van der Waals surface area contributed by atoms with E-state index in [1.165, 1.54) is 35.5 Å². The van der Waals surface area contributed by atoms with E-state index in [1.54, 1.807) is 0 Å². The zero-order chi connectivity index (χ0) is 18.5. The summed E-state index contributed by atoms with van der Waals surface area (Å²) in [4.78, 5) is 19.8. The smallest absolute Gasteiger partial charge is 0.234 e. The summed E-state index contributed by atoms with van der Waals surface area (Å²) in [7, 11) is 0. The molecule has 0 bridgehead atoms. The van der Waals surface area contributed by atoms with Gasteiger partial charge in [0.1, 0.15) is 5.82 Å². The zero-order valence-electron chi connectivity index (χ0n) is 14.1. The number of thioether (sulfide) groups is 1. The fourth-order valence-electron chi connectivity index (χ4n) is 2.41. The van der Waals surface area contributed by atoms with Crippen LogP contribution in [0.5, 0.6) is 0 Å². The first-order chi connectivity index (χ1) is 12.5. The lowest BCUT2D eigenvalue weighted by Gasteiger charge is -2.06. The summed E-state index contributed by atoms with van der Waals surface area (Å²) in [5.74, 6) is -0.731. The van der Waals surface area contributed by atoms with Crippen LogP contribution in [0.3, 0.4) is 0 Å². The van der Waals surface area contributed by atoms with Gasteiger partial charge in [0.05, 0.1) is 17.1 Å². The Morgan fingerprint density at radius 3 is 2.81 bits per heavy atom. The number of aryl methyl sites for hydroxylation is 1. The second kappa shape index (κ2) is 8.38. The SMILES string of the molecule is Cc1[nH]c(SCC(=O)Nc2cc(Cl)ccc2F)nc1Cc1ccccc1. The molecule has 2 N–H and O–H groups in total. The van der Waals surface area contributed by atoms with Gasteiger partial charge in [0.25, 0.3) is 0 Å². The number of hydrogen-bond donors (Lipinski definition) is 2. The zero-order valence-corrected chi connectivity index (χ0v) is 15.6. The summed E-state index contributed by atoms with van der Waals surface area (Å²) in [6.07, 6.45) is 0.726. The van der Waals surface area contributed by atoms with Crippen molar-refractivity contribution in [2.45, 2.75) is 18.5 Å². The lowest BCUT2D eigenvalue weighted by Crippen LogP contribution is -2.15. The van der Waals surface area contributed by atoms with Crippen molar-refractivity contribution in [3.63, 3.8) is 0 Å². The molecule has 0 saturated carbocycles. The number of imidazole rings is 1.